The first-order chi connectivity index (χ1) is 19.8. The molecule has 2 heterocycles. The molecule has 222 valence electrons. The zero-order valence-corrected chi connectivity index (χ0v) is 24.4. The molecule has 0 aliphatic carbocycles. The van der Waals surface area contributed by atoms with Crippen LogP contribution in [0.4, 0.5) is 0 Å². The van der Waals surface area contributed by atoms with Gasteiger partial charge in [-0.1, -0.05) is 68.8 Å². The molecule has 4 rings (SSSR count). The largest absolute Gasteiger partial charge is 0.489 e. The number of nitrogens with one attached hydrogen (secondary N) is 3. The van der Waals surface area contributed by atoms with E-state index in [4.69, 9.17) is 4.74 Å². The van der Waals surface area contributed by atoms with Gasteiger partial charge in [0.2, 0.25) is 17.7 Å². The van der Waals surface area contributed by atoms with Gasteiger partial charge in [-0.25, -0.2) is 0 Å². The van der Waals surface area contributed by atoms with Gasteiger partial charge < -0.3 is 30.7 Å². The van der Waals surface area contributed by atoms with Crippen LogP contribution >= 0.6 is 0 Å². The monoisotopic (exact) mass is 564 g/mol. The standard InChI is InChI=1S/C32H44N4O5/c1-4-21(2)28-32(40)36(3)27(20-37)31(39)35-26(18-22-10-6-5-7-11-22)30(38)33-17-9-14-23-12-8-13-24-15-16-25(19-34-28)41-29(23)24/h5-8,10-13,21,25-28,34,37H,4,9,14-20H2,1-3H3,(H,33,38)(H,35,39)/t21?,25?,26-,27+,28+/m1/s1. The quantitative estimate of drug-likeness (QED) is 0.441. The summed E-state index contributed by atoms with van der Waals surface area (Å²) in [6.07, 6.45) is 4.13. The first kappa shape index (κ1) is 30.5. The van der Waals surface area contributed by atoms with E-state index in [0.29, 0.717) is 19.5 Å². The third kappa shape index (κ3) is 7.65. The van der Waals surface area contributed by atoms with Crippen molar-refractivity contribution in [2.75, 3.05) is 26.7 Å². The molecule has 2 aromatic rings. The second-order valence-corrected chi connectivity index (χ2v) is 11.2. The summed E-state index contributed by atoms with van der Waals surface area (Å²) in [6, 6.07) is 13.1. The number of aryl methyl sites for hydroxylation is 2. The summed E-state index contributed by atoms with van der Waals surface area (Å²) in [4.78, 5) is 41.8. The Balaban J connectivity index is 1.63. The maximum absolute atomic E-state index is 13.7. The van der Waals surface area contributed by atoms with E-state index in [1.54, 1.807) is 0 Å². The predicted molar refractivity (Wildman–Crippen MR) is 157 cm³/mol. The van der Waals surface area contributed by atoms with Crippen LogP contribution < -0.4 is 20.7 Å². The number of aliphatic hydroxyl groups excluding tert-OH is 1. The summed E-state index contributed by atoms with van der Waals surface area (Å²) in [5.41, 5.74) is 3.18. The zero-order valence-electron chi connectivity index (χ0n) is 24.4. The van der Waals surface area contributed by atoms with Crippen molar-refractivity contribution < 1.29 is 24.2 Å². The van der Waals surface area contributed by atoms with E-state index in [1.807, 2.05) is 44.2 Å². The summed E-state index contributed by atoms with van der Waals surface area (Å²) >= 11 is 0. The molecule has 41 heavy (non-hydrogen) atoms. The van der Waals surface area contributed by atoms with Gasteiger partial charge in [0, 0.05) is 26.6 Å². The number of rotatable bonds is 5. The smallest absolute Gasteiger partial charge is 0.245 e. The minimum absolute atomic E-state index is 0.0130. The summed E-state index contributed by atoms with van der Waals surface area (Å²) in [7, 11) is 1.53. The van der Waals surface area contributed by atoms with E-state index in [-0.39, 0.29) is 30.3 Å². The minimum Gasteiger partial charge on any atom is -0.489 e. The highest BCUT2D eigenvalue weighted by Crippen LogP contribution is 2.32. The molecule has 2 bridgehead atoms. The van der Waals surface area contributed by atoms with E-state index in [1.165, 1.54) is 17.5 Å². The molecule has 0 saturated carbocycles. The maximum atomic E-state index is 13.7. The molecule has 3 amide bonds. The van der Waals surface area contributed by atoms with Crippen LogP contribution in [0.5, 0.6) is 5.75 Å². The first-order valence-electron chi connectivity index (χ1n) is 14.8. The van der Waals surface area contributed by atoms with Crippen molar-refractivity contribution in [3.8, 4) is 5.75 Å². The van der Waals surface area contributed by atoms with Crippen LogP contribution in [-0.2, 0) is 33.6 Å². The van der Waals surface area contributed by atoms with Crippen molar-refractivity contribution in [3.05, 3.63) is 65.2 Å². The second kappa shape index (κ2) is 14.5. The van der Waals surface area contributed by atoms with Crippen LogP contribution in [0.3, 0.4) is 0 Å². The Morgan fingerprint density at radius 1 is 1.02 bits per heavy atom. The van der Waals surface area contributed by atoms with Gasteiger partial charge >= 0.3 is 0 Å². The number of nitrogens with zero attached hydrogens (tertiary/aromatic N) is 1. The topological polar surface area (TPSA) is 120 Å². The van der Waals surface area contributed by atoms with Gasteiger partial charge in [0.1, 0.15) is 23.9 Å². The number of benzene rings is 2. The molecule has 2 aliphatic rings. The summed E-state index contributed by atoms with van der Waals surface area (Å²) in [6.45, 7) is 4.39. The lowest BCUT2D eigenvalue weighted by molar-refractivity contribution is -0.143. The molecular formula is C32H44N4O5. The summed E-state index contributed by atoms with van der Waals surface area (Å²) in [5, 5.41) is 19.4. The number of para-hydroxylation sites is 1. The van der Waals surface area contributed by atoms with Gasteiger partial charge in [0.15, 0.2) is 0 Å². The molecule has 0 saturated heterocycles. The van der Waals surface area contributed by atoms with Gasteiger partial charge in [-0.3, -0.25) is 14.4 Å². The SMILES string of the molecule is CCC(C)[C@@H]1NCC2CCc3cccc(c3O2)CCCNC(=O)[C@@H](Cc2ccccc2)NC(=O)[C@H](CO)N(C)C1=O. The van der Waals surface area contributed by atoms with Crippen molar-refractivity contribution in [1.82, 2.24) is 20.9 Å². The maximum Gasteiger partial charge on any atom is 0.245 e. The summed E-state index contributed by atoms with van der Waals surface area (Å²) < 4.78 is 6.47. The minimum atomic E-state index is -1.14. The molecule has 2 aromatic carbocycles. The molecular weight excluding hydrogens is 520 g/mol. The average molecular weight is 565 g/mol. The van der Waals surface area contributed by atoms with E-state index in [2.05, 4.69) is 34.1 Å². The molecule has 0 radical (unpaired) electrons. The van der Waals surface area contributed by atoms with Gasteiger partial charge in [0.05, 0.1) is 12.6 Å². The van der Waals surface area contributed by atoms with Gasteiger partial charge in [0.25, 0.3) is 0 Å². The lowest BCUT2D eigenvalue weighted by atomic mass is 9.95. The number of carbonyl (C=O) groups is 3. The van der Waals surface area contributed by atoms with Gasteiger partial charge in [-0.15, -0.1) is 0 Å². The Morgan fingerprint density at radius 2 is 1.76 bits per heavy atom. The molecule has 0 spiro atoms. The van der Waals surface area contributed by atoms with E-state index >= 15 is 0 Å². The van der Waals surface area contributed by atoms with Crippen LogP contribution in [-0.4, -0.2) is 78.7 Å². The van der Waals surface area contributed by atoms with Crippen LogP contribution in [0.2, 0.25) is 0 Å². The van der Waals surface area contributed by atoms with Gasteiger partial charge in [-0.05, 0) is 48.3 Å². The van der Waals surface area contributed by atoms with Crippen molar-refractivity contribution in [2.45, 2.75) is 76.6 Å². The highest BCUT2D eigenvalue weighted by molar-refractivity contribution is 5.93. The Hall–Kier alpha value is -3.43. The molecule has 5 atom stereocenters. The van der Waals surface area contributed by atoms with Crippen LogP contribution in [0.1, 0.15) is 49.8 Å². The summed E-state index contributed by atoms with van der Waals surface area (Å²) in [5.74, 6) is -0.257. The van der Waals surface area contributed by atoms with Crippen LogP contribution in [0.15, 0.2) is 48.5 Å². The lowest BCUT2D eigenvalue weighted by Gasteiger charge is -2.34. The number of amides is 3. The van der Waals surface area contributed by atoms with Crippen LogP contribution in [0, 0.1) is 5.92 Å². The third-order valence-corrected chi connectivity index (χ3v) is 8.37. The van der Waals surface area contributed by atoms with Crippen molar-refractivity contribution in [3.63, 3.8) is 0 Å². The van der Waals surface area contributed by atoms with Crippen molar-refractivity contribution in [1.29, 1.82) is 0 Å². The number of carbonyl (C=O) groups excluding carboxylic acids is 3. The molecule has 2 unspecified atom stereocenters. The Bertz CT molecular complexity index is 1190. The lowest BCUT2D eigenvalue weighted by Crippen LogP contribution is -2.59. The van der Waals surface area contributed by atoms with Crippen molar-refractivity contribution in [2.24, 2.45) is 5.92 Å². The third-order valence-electron chi connectivity index (χ3n) is 8.37. The normalized spacial score (nSPS) is 25.3. The molecule has 2 aliphatic heterocycles. The number of fused-ring (bicyclic) bond motifs is 1. The zero-order chi connectivity index (χ0) is 29.4. The fraction of sp³-hybridized carbons (Fsp3) is 0.531. The molecule has 9 nitrogen and oxygen atoms in total. The number of ether oxygens (including phenoxy) is 1. The number of hydrogen-bond donors (Lipinski definition) is 4. The van der Waals surface area contributed by atoms with Gasteiger partial charge in [-0.2, -0.15) is 0 Å². The Morgan fingerprint density at radius 3 is 2.46 bits per heavy atom. The second-order valence-electron chi connectivity index (χ2n) is 11.2. The average Bonchev–Trinajstić information content (AvgIpc) is 2.99. The number of likely N-dealkylation sites (N-methyl/N-ethyl adjacent to an activating group) is 1. The first-order valence-corrected chi connectivity index (χ1v) is 14.8. The van der Waals surface area contributed by atoms with E-state index in [0.717, 1.165) is 42.6 Å². The van der Waals surface area contributed by atoms with E-state index < -0.39 is 30.6 Å². The molecule has 0 fully saturated rings. The molecule has 4 N–H and O–H groups in total. The number of aliphatic hydroxyl groups is 1. The fourth-order valence-corrected chi connectivity index (χ4v) is 5.59. The van der Waals surface area contributed by atoms with Crippen LogP contribution in [0.25, 0.3) is 0 Å². The Kier molecular flexibility index (Phi) is 10.8. The predicted octanol–water partition coefficient (Wildman–Crippen LogP) is 1.99. The molecule has 0 aromatic heterocycles. The fourth-order valence-electron chi connectivity index (χ4n) is 5.59. The van der Waals surface area contributed by atoms with Crippen molar-refractivity contribution >= 4 is 17.7 Å². The molecule has 9 heteroatoms. The Labute approximate surface area is 243 Å². The number of hydrogen-bond acceptors (Lipinski definition) is 6. The highest BCUT2D eigenvalue weighted by atomic mass is 16.5. The highest BCUT2D eigenvalue weighted by Gasteiger charge is 2.35. The van der Waals surface area contributed by atoms with E-state index in [9.17, 15) is 19.5 Å².